The molecule has 1 aromatic heterocycles. The summed E-state index contributed by atoms with van der Waals surface area (Å²) in [5, 5.41) is 4.07. The van der Waals surface area contributed by atoms with Crippen LogP contribution in [0.4, 0.5) is 5.69 Å². The maximum absolute atomic E-state index is 11.4. The smallest absolute Gasteiger partial charge is 0.243 e. The molecule has 25 heavy (non-hydrogen) atoms. The van der Waals surface area contributed by atoms with Crippen molar-refractivity contribution in [3.63, 3.8) is 0 Å². The first kappa shape index (κ1) is 17.6. The van der Waals surface area contributed by atoms with Gasteiger partial charge in [-0.2, -0.15) is 4.98 Å². The second-order valence-electron chi connectivity index (χ2n) is 6.95. The van der Waals surface area contributed by atoms with Gasteiger partial charge in [0, 0.05) is 43.3 Å². The van der Waals surface area contributed by atoms with Gasteiger partial charge in [-0.1, -0.05) is 19.0 Å². The number of Topliss-reactive ketones (excluding diaryl/α,β-unsaturated/α-hetero) is 1. The molecule has 1 saturated heterocycles. The molecule has 0 spiro atoms. The first-order valence-corrected chi connectivity index (χ1v) is 8.89. The molecule has 6 nitrogen and oxygen atoms in total. The van der Waals surface area contributed by atoms with Gasteiger partial charge in [0.25, 0.3) is 0 Å². The van der Waals surface area contributed by atoms with Crippen molar-refractivity contribution in [2.45, 2.75) is 39.7 Å². The van der Waals surface area contributed by atoms with Gasteiger partial charge in [-0.3, -0.25) is 9.69 Å². The summed E-state index contributed by atoms with van der Waals surface area (Å²) in [6.07, 6.45) is 0. The van der Waals surface area contributed by atoms with Crippen LogP contribution in [-0.4, -0.2) is 47.0 Å². The van der Waals surface area contributed by atoms with Crippen molar-refractivity contribution in [2.24, 2.45) is 0 Å². The molecule has 6 heteroatoms. The van der Waals surface area contributed by atoms with Crippen molar-refractivity contribution < 1.29 is 9.32 Å². The Labute approximate surface area is 148 Å². The number of piperazine rings is 1. The van der Waals surface area contributed by atoms with Gasteiger partial charge in [-0.05, 0) is 38.1 Å². The number of rotatable bonds is 5. The zero-order valence-corrected chi connectivity index (χ0v) is 15.4. The average molecular weight is 342 g/mol. The van der Waals surface area contributed by atoms with Crippen molar-refractivity contribution in [1.82, 2.24) is 15.0 Å². The van der Waals surface area contributed by atoms with Crippen molar-refractivity contribution >= 4 is 11.5 Å². The van der Waals surface area contributed by atoms with E-state index in [1.165, 1.54) is 0 Å². The van der Waals surface area contributed by atoms with E-state index >= 15 is 0 Å². The number of aromatic nitrogens is 2. The largest absolute Gasteiger partial charge is 0.369 e. The quantitative estimate of drug-likeness (QED) is 0.777. The number of carbonyl (C=O) groups is 1. The minimum Gasteiger partial charge on any atom is -0.369 e. The monoisotopic (exact) mass is 342 g/mol. The summed E-state index contributed by atoms with van der Waals surface area (Å²) in [6, 6.07) is 7.99. The highest BCUT2D eigenvalue weighted by molar-refractivity contribution is 5.94. The number of benzene rings is 1. The molecule has 0 radical (unpaired) electrons. The highest BCUT2D eigenvalue weighted by Crippen LogP contribution is 2.24. The zero-order chi connectivity index (χ0) is 18.0. The molecular formula is C19H26N4O2. The normalized spacial score (nSPS) is 17.1. The summed E-state index contributed by atoms with van der Waals surface area (Å²) in [7, 11) is 0. The van der Waals surface area contributed by atoms with Crippen molar-refractivity contribution in [3.05, 3.63) is 41.5 Å². The fourth-order valence-electron chi connectivity index (χ4n) is 3.08. The Hall–Kier alpha value is -2.21. The lowest BCUT2D eigenvalue weighted by Crippen LogP contribution is -2.47. The van der Waals surface area contributed by atoms with Crippen molar-refractivity contribution in [1.29, 1.82) is 0 Å². The standard InChI is InChI=1S/C19H26N4O2/c1-13(2)18-20-19(25-21-18)14(3)22-9-11-23(12-10-22)17-7-5-16(6-8-17)15(4)24/h5-8,13-14H,9-12H2,1-4H3/t14-/m0/s1. The molecule has 0 saturated carbocycles. The second-order valence-corrected chi connectivity index (χ2v) is 6.95. The van der Waals surface area contributed by atoms with E-state index in [1.807, 2.05) is 24.3 Å². The lowest BCUT2D eigenvalue weighted by molar-refractivity contribution is 0.101. The Morgan fingerprint density at radius 3 is 2.24 bits per heavy atom. The summed E-state index contributed by atoms with van der Waals surface area (Å²) < 4.78 is 5.44. The third-order valence-corrected chi connectivity index (χ3v) is 4.83. The summed E-state index contributed by atoms with van der Waals surface area (Å²) >= 11 is 0. The van der Waals surface area contributed by atoms with Gasteiger partial charge in [-0.15, -0.1) is 0 Å². The Morgan fingerprint density at radius 2 is 1.72 bits per heavy atom. The van der Waals surface area contributed by atoms with Crippen LogP contribution in [0.25, 0.3) is 0 Å². The van der Waals surface area contributed by atoms with Crippen LogP contribution in [0, 0.1) is 0 Å². The van der Waals surface area contributed by atoms with E-state index in [4.69, 9.17) is 4.52 Å². The van der Waals surface area contributed by atoms with Crippen LogP contribution in [0.15, 0.2) is 28.8 Å². The van der Waals surface area contributed by atoms with Crippen LogP contribution in [0.1, 0.15) is 61.7 Å². The third-order valence-electron chi connectivity index (χ3n) is 4.83. The number of hydrogen-bond acceptors (Lipinski definition) is 6. The molecule has 0 bridgehead atoms. The average Bonchev–Trinajstić information content (AvgIpc) is 3.12. The SMILES string of the molecule is CC(=O)c1ccc(N2CCN([C@@H](C)c3nc(C(C)C)no3)CC2)cc1. The summed E-state index contributed by atoms with van der Waals surface area (Å²) in [5.74, 6) is 1.85. The van der Waals surface area contributed by atoms with E-state index in [1.54, 1.807) is 6.92 Å². The molecule has 0 N–H and O–H groups in total. The summed E-state index contributed by atoms with van der Waals surface area (Å²) in [6.45, 7) is 11.6. The summed E-state index contributed by atoms with van der Waals surface area (Å²) in [4.78, 5) is 20.6. The second kappa shape index (κ2) is 7.35. The fraction of sp³-hybridized carbons (Fsp3) is 0.526. The van der Waals surface area contributed by atoms with E-state index in [0.29, 0.717) is 5.89 Å². The molecule has 1 aromatic carbocycles. The minimum atomic E-state index is 0.102. The highest BCUT2D eigenvalue weighted by atomic mass is 16.5. The lowest BCUT2D eigenvalue weighted by atomic mass is 10.1. The Morgan fingerprint density at radius 1 is 1.08 bits per heavy atom. The van der Waals surface area contributed by atoms with Crippen molar-refractivity contribution in [3.8, 4) is 0 Å². The topological polar surface area (TPSA) is 62.5 Å². The van der Waals surface area contributed by atoms with Crippen LogP contribution in [0.5, 0.6) is 0 Å². The number of carbonyl (C=O) groups excluding carboxylic acids is 1. The predicted octanol–water partition coefficient (Wildman–Crippen LogP) is 3.28. The lowest BCUT2D eigenvalue weighted by Gasteiger charge is -2.38. The zero-order valence-electron chi connectivity index (χ0n) is 15.4. The Balaban J connectivity index is 1.60. The van der Waals surface area contributed by atoms with Gasteiger partial charge in [0.2, 0.25) is 5.89 Å². The minimum absolute atomic E-state index is 0.102. The maximum Gasteiger partial charge on any atom is 0.243 e. The van der Waals surface area contributed by atoms with Gasteiger partial charge < -0.3 is 9.42 Å². The summed E-state index contributed by atoms with van der Waals surface area (Å²) in [5.41, 5.74) is 1.92. The Kier molecular flexibility index (Phi) is 5.18. The van der Waals surface area contributed by atoms with Crippen molar-refractivity contribution in [2.75, 3.05) is 31.1 Å². The molecular weight excluding hydrogens is 316 g/mol. The molecule has 1 aliphatic heterocycles. The first-order chi connectivity index (χ1) is 12.0. The predicted molar refractivity (Wildman–Crippen MR) is 97.0 cm³/mol. The molecule has 2 heterocycles. The number of anilines is 1. The molecule has 1 atom stereocenters. The van der Waals surface area contributed by atoms with Crippen LogP contribution >= 0.6 is 0 Å². The van der Waals surface area contributed by atoms with E-state index in [2.05, 4.69) is 40.7 Å². The fourth-order valence-corrected chi connectivity index (χ4v) is 3.08. The number of ketones is 1. The maximum atomic E-state index is 11.4. The Bertz CT molecular complexity index is 715. The molecule has 1 aliphatic rings. The van der Waals surface area contributed by atoms with Crippen LogP contribution < -0.4 is 4.90 Å². The van der Waals surface area contributed by atoms with Crippen LogP contribution in [0.2, 0.25) is 0 Å². The first-order valence-electron chi connectivity index (χ1n) is 8.89. The van der Waals surface area contributed by atoms with Gasteiger partial charge in [0.05, 0.1) is 6.04 Å². The molecule has 3 rings (SSSR count). The molecule has 2 aromatic rings. The number of nitrogens with zero attached hydrogens (tertiary/aromatic N) is 4. The van der Waals surface area contributed by atoms with Gasteiger partial charge in [-0.25, -0.2) is 0 Å². The molecule has 134 valence electrons. The highest BCUT2D eigenvalue weighted by Gasteiger charge is 2.26. The molecule has 0 unspecified atom stereocenters. The van der Waals surface area contributed by atoms with E-state index in [0.717, 1.165) is 43.3 Å². The van der Waals surface area contributed by atoms with Gasteiger partial charge >= 0.3 is 0 Å². The molecule has 0 amide bonds. The van der Waals surface area contributed by atoms with Crippen LogP contribution in [-0.2, 0) is 0 Å². The number of hydrogen-bond donors (Lipinski definition) is 0. The van der Waals surface area contributed by atoms with E-state index in [-0.39, 0.29) is 17.7 Å². The van der Waals surface area contributed by atoms with E-state index in [9.17, 15) is 4.79 Å². The van der Waals surface area contributed by atoms with Gasteiger partial charge in [0.15, 0.2) is 11.6 Å². The van der Waals surface area contributed by atoms with E-state index < -0.39 is 0 Å². The molecule has 0 aliphatic carbocycles. The van der Waals surface area contributed by atoms with Gasteiger partial charge in [0.1, 0.15) is 0 Å². The van der Waals surface area contributed by atoms with Crippen LogP contribution in [0.3, 0.4) is 0 Å². The molecule has 1 fully saturated rings. The third kappa shape index (κ3) is 3.90.